The summed E-state index contributed by atoms with van der Waals surface area (Å²) in [5.41, 5.74) is 6.15. The second-order valence-corrected chi connectivity index (χ2v) is 4.48. The zero-order valence-corrected chi connectivity index (χ0v) is 9.22. The Morgan fingerprint density at radius 2 is 2.23 bits per heavy atom. The van der Waals surface area contributed by atoms with Crippen LogP contribution in [0.15, 0.2) is 34.7 Å². The quantitative estimate of drug-likeness (QED) is 0.636. The topological polar surface area (TPSA) is 26.0 Å². The van der Waals surface area contributed by atoms with Crippen molar-refractivity contribution in [3.63, 3.8) is 0 Å². The Morgan fingerprint density at radius 3 is 2.77 bits per heavy atom. The lowest BCUT2D eigenvalue weighted by atomic mass is 10.3. The van der Waals surface area contributed by atoms with Crippen LogP contribution in [0.3, 0.4) is 0 Å². The molecule has 4 heteroatoms. The van der Waals surface area contributed by atoms with Crippen LogP contribution in [0.5, 0.6) is 0 Å². The molecule has 0 aliphatic heterocycles. The molecule has 0 aromatic heterocycles. The Labute approximate surface area is 91.9 Å². The Bertz CT molecular complexity index is 325. The summed E-state index contributed by atoms with van der Waals surface area (Å²) in [6.07, 6.45) is 0. The SMILES string of the molecule is C=C(Cl)CSc1ccc(N)c(Cl)c1. The highest BCUT2D eigenvalue weighted by atomic mass is 35.5. The zero-order chi connectivity index (χ0) is 9.84. The van der Waals surface area contributed by atoms with Crippen molar-refractivity contribution < 1.29 is 0 Å². The summed E-state index contributed by atoms with van der Waals surface area (Å²) in [5, 5.41) is 1.20. The van der Waals surface area contributed by atoms with Crippen LogP contribution in [0.25, 0.3) is 0 Å². The molecule has 0 atom stereocenters. The van der Waals surface area contributed by atoms with Crippen molar-refractivity contribution in [2.24, 2.45) is 0 Å². The first-order valence-electron chi connectivity index (χ1n) is 3.60. The molecule has 0 aliphatic rings. The highest BCUT2D eigenvalue weighted by Gasteiger charge is 1.99. The van der Waals surface area contributed by atoms with Crippen molar-refractivity contribution in [2.75, 3.05) is 11.5 Å². The molecule has 70 valence electrons. The summed E-state index contributed by atoms with van der Waals surface area (Å²) in [6.45, 7) is 3.60. The predicted octanol–water partition coefficient (Wildman–Crippen LogP) is 3.77. The molecule has 1 rings (SSSR count). The molecule has 1 aromatic carbocycles. The van der Waals surface area contributed by atoms with Crippen molar-refractivity contribution in [1.82, 2.24) is 0 Å². The number of halogens is 2. The monoisotopic (exact) mass is 233 g/mol. The first kappa shape index (κ1) is 10.8. The summed E-state index contributed by atoms with van der Waals surface area (Å²) < 4.78 is 0. The van der Waals surface area contributed by atoms with Gasteiger partial charge in [0.25, 0.3) is 0 Å². The maximum absolute atomic E-state index is 5.84. The van der Waals surface area contributed by atoms with E-state index in [1.807, 2.05) is 12.1 Å². The van der Waals surface area contributed by atoms with E-state index in [0.717, 1.165) is 4.90 Å². The Hall–Kier alpha value is -0.310. The van der Waals surface area contributed by atoms with Crippen LogP contribution in [0.4, 0.5) is 5.69 Å². The maximum atomic E-state index is 5.84. The van der Waals surface area contributed by atoms with E-state index >= 15 is 0 Å². The van der Waals surface area contributed by atoms with E-state index in [2.05, 4.69) is 6.58 Å². The predicted molar refractivity (Wildman–Crippen MR) is 61.6 cm³/mol. The highest BCUT2D eigenvalue weighted by Crippen LogP contribution is 2.27. The number of hydrogen-bond acceptors (Lipinski definition) is 2. The summed E-state index contributed by atoms with van der Waals surface area (Å²) in [5.74, 6) is 0.682. The van der Waals surface area contributed by atoms with Crippen LogP contribution in [-0.2, 0) is 0 Å². The van der Waals surface area contributed by atoms with Gasteiger partial charge in [0.1, 0.15) is 0 Å². The van der Waals surface area contributed by atoms with Crippen molar-refractivity contribution >= 4 is 40.7 Å². The van der Waals surface area contributed by atoms with Gasteiger partial charge in [-0.2, -0.15) is 0 Å². The lowest BCUT2D eigenvalue weighted by molar-refractivity contribution is 1.46. The fraction of sp³-hybridized carbons (Fsp3) is 0.111. The largest absolute Gasteiger partial charge is 0.398 e. The number of hydrogen-bond donors (Lipinski definition) is 1. The molecular weight excluding hydrogens is 225 g/mol. The van der Waals surface area contributed by atoms with E-state index < -0.39 is 0 Å². The third-order valence-electron chi connectivity index (χ3n) is 1.37. The number of nitrogens with two attached hydrogens (primary N) is 1. The third-order valence-corrected chi connectivity index (χ3v) is 3.07. The minimum Gasteiger partial charge on any atom is -0.398 e. The van der Waals surface area contributed by atoms with E-state index in [-0.39, 0.29) is 0 Å². The van der Waals surface area contributed by atoms with Crippen molar-refractivity contribution in [3.8, 4) is 0 Å². The van der Waals surface area contributed by atoms with E-state index in [0.29, 0.717) is 21.5 Å². The van der Waals surface area contributed by atoms with Gasteiger partial charge in [0.2, 0.25) is 0 Å². The van der Waals surface area contributed by atoms with Crippen LogP contribution in [0, 0.1) is 0 Å². The average molecular weight is 234 g/mol. The van der Waals surface area contributed by atoms with Crippen LogP contribution >= 0.6 is 35.0 Å². The summed E-state index contributed by atoms with van der Waals surface area (Å²) >= 11 is 13.0. The molecule has 0 fully saturated rings. The molecule has 0 bridgehead atoms. The molecule has 0 heterocycles. The van der Waals surface area contributed by atoms with Crippen molar-refractivity contribution in [3.05, 3.63) is 34.8 Å². The molecule has 0 amide bonds. The Morgan fingerprint density at radius 1 is 1.54 bits per heavy atom. The third kappa shape index (κ3) is 3.51. The number of nitrogen functional groups attached to an aromatic ring is 1. The van der Waals surface area contributed by atoms with Gasteiger partial charge < -0.3 is 5.73 Å². The van der Waals surface area contributed by atoms with Crippen molar-refractivity contribution in [1.29, 1.82) is 0 Å². The van der Waals surface area contributed by atoms with E-state index in [1.165, 1.54) is 0 Å². The number of benzene rings is 1. The van der Waals surface area contributed by atoms with Gasteiger partial charge in [-0.15, -0.1) is 11.8 Å². The average Bonchev–Trinajstić information content (AvgIpc) is 2.07. The second kappa shape index (κ2) is 4.80. The van der Waals surface area contributed by atoms with E-state index in [1.54, 1.807) is 17.8 Å². The standard InChI is InChI=1S/C9H9Cl2NS/c1-6(10)5-13-7-2-3-9(12)8(11)4-7/h2-4H,1,5,12H2. The Kier molecular flexibility index (Phi) is 3.97. The van der Waals surface area contributed by atoms with Gasteiger partial charge >= 0.3 is 0 Å². The molecule has 1 nitrogen and oxygen atoms in total. The van der Waals surface area contributed by atoms with Gasteiger partial charge in [-0.25, -0.2) is 0 Å². The van der Waals surface area contributed by atoms with Gasteiger partial charge in [-0.3, -0.25) is 0 Å². The maximum Gasteiger partial charge on any atom is 0.0646 e. The van der Waals surface area contributed by atoms with E-state index in [4.69, 9.17) is 28.9 Å². The van der Waals surface area contributed by atoms with Crippen LogP contribution in [0.1, 0.15) is 0 Å². The first-order chi connectivity index (χ1) is 6.09. The highest BCUT2D eigenvalue weighted by molar-refractivity contribution is 7.99. The molecule has 0 aliphatic carbocycles. The van der Waals surface area contributed by atoms with Gasteiger partial charge in [0, 0.05) is 15.7 Å². The van der Waals surface area contributed by atoms with Crippen LogP contribution in [0.2, 0.25) is 5.02 Å². The fourth-order valence-electron chi connectivity index (χ4n) is 0.759. The fourth-order valence-corrected chi connectivity index (χ4v) is 1.86. The van der Waals surface area contributed by atoms with Crippen LogP contribution < -0.4 is 5.73 Å². The van der Waals surface area contributed by atoms with Crippen molar-refractivity contribution in [2.45, 2.75) is 4.90 Å². The van der Waals surface area contributed by atoms with Crippen LogP contribution in [-0.4, -0.2) is 5.75 Å². The molecule has 1 aromatic rings. The first-order valence-corrected chi connectivity index (χ1v) is 5.35. The zero-order valence-electron chi connectivity index (χ0n) is 6.89. The molecule has 2 N–H and O–H groups in total. The molecule has 0 saturated heterocycles. The summed E-state index contributed by atoms with van der Waals surface area (Å²) in [7, 11) is 0. The van der Waals surface area contributed by atoms with Gasteiger partial charge in [-0.1, -0.05) is 29.8 Å². The molecule has 0 saturated carbocycles. The Balaban J connectivity index is 2.68. The number of anilines is 1. The molecular formula is C9H9Cl2NS. The van der Waals surface area contributed by atoms with Gasteiger partial charge in [0.05, 0.1) is 10.7 Å². The molecule has 0 spiro atoms. The normalized spacial score (nSPS) is 10.0. The molecule has 0 radical (unpaired) electrons. The molecule has 13 heavy (non-hydrogen) atoms. The lowest BCUT2D eigenvalue weighted by Crippen LogP contribution is -1.86. The summed E-state index contributed by atoms with van der Waals surface area (Å²) in [4.78, 5) is 1.04. The van der Waals surface area contributed by atoms with E-state index in [9.17, 15) is 0 Å². The lowest BCUT2D eigenvalue weighted by Gasteiger charge is -2.02. The second-order valence-electron chi connectivity index (χ2n) is 2.49. The minimum absolute atomic E-state index is 0.574. The summed E-state index contributed by atoms with van der Waals surface area (Å²) in [6, 6.07) is 5.51. The number of rotatable bonds is 3. The molecule has 0 unspecified atom stereocenters. The smallest absolute Gasteiger partial charge is 0.0646 e. The van der Waals surface area contributed by atoms with Gasteiger partial charge in [0.15, 0.2) is 0 Å². The minimum atomic E-state index is 0.574. The van der Waals surface area contributed by atoms with Gasteiger partial charge in [-0.05, 0) is 18.2 Å². The number of thioether (sulfide) groups is 1.